The number of Topliss-reactive ketones (excluding diaryl/α,β-unsaturated/α-hetero) is 1. The highest BCUT2D eigenvalue weighted by molar-refractivity contribution is 6.01. The van der Waals surface area contributed by atoms with Crippen LogP contribution >= 0.6 is 0 Å². The number of pyridine rings is 1. The minimum Gasteiger partial charge on any atom is -0.358 e. The first-order valence-electron chi connectivity index (χ1n) is 10.3. The predicted octanol–water partition coefficient (Wildman–Crippen LogP) is 4.54. The topological polar surface area (TPSA) is 74.8 Å². The van der Waals surface area contributed by atoms with Gasteiger partial charge in [0.25, 0.3) is 0 Å². The summed E-state index contributed by atoms with van der Waals surface area (Å²) in [6.45, 7) is 0. The lowest BCUT2D eigenvalue weighted by Gasteiger charge is -2.12. The molecule has 1 fully saturated rings. The molecule has 0 aliphatic heterocycles. The fourth-order valence-electron chi connectivity index (χ4n) is 4.12. The predicted molar refractivity (Wildman–Crippen MR) is 112 cm³/mol. The molecule has 5 heteroatoms. The number of aryl methyl sites for hydroxylation is 1. The van der Waals surface area contributed by atoms with Gasteiger partial charge >= 0.3 is 0 Å². The number of aromatic nitrogens is 2. The van der Waals surface area contributed by atoms with E-state index in [2.05, 4.69) is 27.4 Å². The van der Waals surface area contributed by atoms with Crippen LogP contribution in [0.4, 0.5) is 5.82 Å². The number of carbonyl (C=O) groups excluding carboxylic acids is 2. The molecule has 1 saturated carbocycles. The zero-order chi connectivity index (χ0) is 19.8. The van der Waals surface area contributed by atoms with Crippen molar-refractivity contribution in [3.63, 3.8) is 0 Å². The van der Waals surface area contributed by atoms with E-state index in [1.165, 1.54) is 5.56 Å². The minimum atomic E-state index is 0.0418. The number of nitrogens with one attached hydrogen (secondary N) is 2. The van der Waals surface area contributed by atoms with Crippen LogP contribution in [0.15, 0.2) is 48.7 Å². The Bertz CT molecular complexity index is 1080. The Balaban J connectivity index is 1.55. The number of fused-ring (bicyclic) bond motifs is 1. The normalized spacial score (nSPS) is 15.8. The van der Waals surface area contributed by atoms with Crippen LogP contribution in [0, 0.1) is 5.92 Å². The van der Waals surface area contributed by atoms with Crippen LogP contribution < -0.4 is 5.32 Å². The van der Waals surface area contributed by atoms with E-state index >= 15 is 0 Å². The zero-order valence-electron chi connectivity index (χ0n) is 16.2. The summed E-state index contributed by atoms with van der Waals surface area (Å²) in [4.78, 5) is 32.7. The molecule has 2 aliphatic rings. The Morgan fingerprint density at radius 2 is 1.97 bits per heavy atom. The standard InChI is InChI=1S/C24H23N3O2/c28-20-8-4-7-19-22(20)18(13-15-5-2-1-3-6-15)23(26-19)17-11-12-25-21(14-17)27-24(29)16-9-10-16/h1-3,5-6,11-12,14,16,26H,4,7-10,13H2,(H,25,27,29). The average molecular weight is 385 g/mol. The Labute approximate surface area is 169 Å². The van der Waals surface area contributed by atoms with Crippen molar-refractivity contribution >= 4 is 17.5 Å². The second-order valence-corrected chi connectivity index (χ2v) is 7.96. The van der Waals surface area contributed by atoms with Crippen molar-refractivity contribution in [2.45, 2.75) is 38.5 Å². The van der Waals surface area contributed by atoms with E-state index in [1.54, 1.807) is 6.20 Å². The van der Waals surface area contributed by atoms with Crippen molar-refractivity contribution in [3.8, 4) is 11.3 Å². The average Bonchev–Trinajstić information content (AvgIpc) is 3.52. The molecule has 5 nitrogen and oxygen atoms in total. The second kappa shape index (κ2) is 7.32. The Morgan fingerprint density at radius 3 is 2.76 bits per heavy atom. The summed E-state index contributed by atoms with van der Waals surface area (Å²) in [6, 6.07) is 14.1. The van der Waals surface area contributed by atoms with Gasteiger partial charge in [-0.25, -0.2) is 4.98 Å². The number of hydrogen-bond donors (Lipinski definition) is 2. The van der Waals surface area contributed by atoms with Crippen LogP contribution in [0.1, 0.15) is 52.9 Å². The van der Waals surface area contributed by atoms with Gasteiger partial charge in [0.1, 0.15) is 5.82 Å². The maximum absolute atomic E-state index is 12.7. The molecule has 1 amide bonds. The first-order valence-corrected chi connectivity index (χ1v) is 10.3. The molecular weight excluding hydrogens is 362 g/mol. The highest BCUT2D eigenvalue weighted by Gasteiger charge is 2.30. The van der Waals surface area contributed by atoms with Gasteiger partial charge in [-0.2, -0.15) is 0 Å². The molecule has 0 bridgehead atoms. The summed E-state index contributed by atoms with van der Waals surface area (Å²) in [5.74, 6) is 0.949. The molecule has 5 rings (SSSR count). The first kappa shape index (κ1) is 17.9. The first-order chi connectivity index (χ1) is 14.2. The van der Waals surface area contributed by atoms with Crippen molar-refractivity contribution in [3.05, 3.63) is 71.0 Å². The van der Waals surface area contributed by atoms with Crippen LogP contribution in [0.2, 0.25) is 0 Å². The van der Waals surface area contributed by atoms with Crippen molar-refractivity contribution in [2.24, 2.45) is 5.92 Å². The third-order valence-electron chi connectivity index (χ3n) is 5.76. The molecule has 2 aliphatic carbocycles. The summed E-state index contributed by atoms with van der Waals surface area (Å²) >= 11 is 0. The number of carbonyl (C=O) groups is 2. The quantitative estimate of drug-likeness (QED) is 0.677. The molecule has 1 aromatic carbocycles. The summed E-state index contributed by atoms with van der Waals surface area (Å²) in [5.41, 5.74) is 6.00. The number of hydrogen-bond acceptors (Lipinski definition) is 3. The lowest BCUT2D eigenvalue weighted by molar-refractivity contribution is -0.117. The van der Waals surface area contributed by atoms with E-state index in [9.17, 15) is 9.59 Å². The molecule has 0 atom stereocenters. The number of benzene rings is 1. The molecule has 0 spiro atoms. The lowest BCUT2D eigenvalue weighted by atomic mass is 9.90. The molecule has 2 aromatic heterocycles. The third-order valence-corrected chi connectivity index (χ3v) is 5.76. The van der Waals surface area contributed by atoms with Gasteiger partial charge in [0.05, 0.1) is 5.69 Å². The van der Waals surface area contributed by atoms with Gasteiger partial charge in [-0.3, -0.25) is 9.59 Å². The molecule has 146 valence electrons. The minimum absolute atomic E-state index is 0.0418. The van der Waals surface area contributed by atoms with Gasteiger partial charge in [0.15, 0.2) is 5.78 Å². The van der Waals surface area contributed by atoms with Crippen molar-refractivity contribution in [2.75, 3.05) is 5.32 Å². The van der Waals surface area contributed by atoms with Crippen molar-refractivity contribution < 1.29 is 9.59 Å². The van der Waals surface area contributed by atoms with Gasteiger partial charge in [-0.1, -0.05) is 30.3 Å². The monoisotopic (exact) mass is 385 g/mol. The van der Waals surface area contributed by atoms with Gasteiger partial charge in [0, 0.05) is 41.8 Å². The molecule has 0 unspecified atom stereocenters. The Morgan fingerprint density at radius 1 is 1.14 bits per heavy atom. The van der Waals surface area contributed by atoms with E-state index < -0.39 is 0 Å². The van der Waals surface area contributed by atoms with Crippen LogP contribution in [0.25, 0.3) is 11.3 Å². The molecule has 2 N–H and O–H groups in total. The number of aromatic amines is 1. The SMILES string of the molecule is O=C1CCCc2[nH]c(-c3ccnc(NC(=O)C4CC4)c3)c(Cc3ccccc3)c21. The zero-order valence-corrected chi connectivity index (χ0v) is 16.2. The summed E-state index contributed by atoms with van der Waals surface area (Å²) < 4.78 is 0. The number of anilines is 1. The Hall–Kier alpha value is -3.21. The molecule has 0 saturated heterocycles. The molecule has 2 heterocycles. The number of ketones is 1. The summed E-state index contributed by atoms with van der Waals surface area (Å²) in [6.07, 6.45) is 6.70. The fraction of sp³-hybridized carbons (Fsp3) is 0.292. The molecule has 29 heavy (non-hydrogen) atoms. The van der Waals surface area contributed by atoms with E-state index in [4.69, 9.17) is 0 Å². The maximum Gasteiger partial charge on any atom is 0.228 e. The summed E-state index contributed by atoms with van der Waals surface area (Å²) in [7, 11) is 0. The number of rotatable bonds is 5. The largest absolute Gasteiger partial charge is 0.358 e. The van der Waals surface area contributed by atoms with Gasteiger partial charge < -0.3 is 10.3 Å². The van der Waals surface area contributed by atoms with Crippen LogP contribution in [-0.2, 0) is 17.6 Å². The molecular formula is C24H23N3O2. The Kier molecular flexibility index (Phi) is 4.51. The summed E-state index contributed by atoms with van der Waals surface area (Å²) in [5, 5.41) is 2.92. The number of nitrogens with zero attached hydrogens (tertiary/aromatic N) is 1. The smallest absolute Gasteiger partial charge is 0.228 e. The lowest BCUT2D eigenvalue weighted by Crippen LogP contribution is -2.14. The van der Waals surface area contributed by atoms with E-state index in [0.29, 0.717) is 18.7 Å². The van der Waals surface area contributed by atoms with Crippen molar-refractivity contribution in [1.82, 2.24) is 9.97 Å². The van der Waals surface area contributed by atoms with Gasteiger partial charge in [-0.05, 0) is 48.9 Å². The van der Waals surface area contributed by atoms with E-state index in [0.717, 1.165) is 53.8 Å². The van der Waals surface area contributed by atoms with Gasteiger partial charge in [-0.15, -0.1) is 0 Å². The second-order valence-electron chi connectivity index (χ2n) is 7.96. The van der Waals surface area contributed by atoms with E-state index in [-0.39, 0.29) is 17.6 Å². The maximum atomic E-state index is 12.7. The molecule has 3 aromatic rings. The highest BCUT2D eigenvalue weighted by atomic mass is 16.2. The third kappa shape index (κ3) is 3.60. The van der Waals surface area contributed by atoms with Gasteiger partial charge in [0.2, 0.25) is 5.91 Å². The number of amides is 1. The van der Waals surface area contributed by atoms with Crippen molar-refractivity contribution in [1.29, 1.82) is 0 Å². The molecule has 0 radical (unpaired) electrons. The van der Waals surface area contributed by atoms with Crippen LogP contribution in [0.3, 0.4) is 0 Å². The number of H-pyrrole nitrogens is 1. The fourth-order valence-corrected chi connectivity index (χ4v) is 4.12. The van der Waals surface area contributed by atoms with Crippen LogP contribution in [0.5, 0.6) is 0 Å². The van der Waals surface area contributed by atoms with Crippen LogP contribution in [-0.4, -0.2) is 21.7 Å². The van der Waals surface area contributed by atoms with E-state index in [1.807, 2.05) is 30.3 Å². The highest BCUT2D eigenvalue weighted by Crippen LogP contribution is 2.35.